The molecule has 0 bridgehead atoms. The first-order chi connectivity index (χ1) is 13.0. The average molecular weight is 373 g/mol. The van der Waals surface area contributed by atoms with Gasteiger partial charge in [-0.15, -0.1) is 0 Å². The molecule has 0 amide bonds. The number of ether oxygens (including phenoxy) is 1. The van der Waals surface area contributed by atoms with E-state index in [1.54, 1.807) is 0 Å². The maximum atomic E-state index is 15.2. The Kier molecular flexibility index (Phi) is 3.57. The van der Waals surface area contributed by atoms with Gasteiger partial charge >= 0.3 is 5.97 Å². The van der Waals surface area contributed by atoms with Gasteiger partial charge in [-0.1, -0.05) is 0 Å². The Hall–Kier alpha value is -2.45. The summed E-state index contributed by atoms with van der Waals surface area (Å²) in [5.41, 5.74) is 7.56. The van der Waals surface area contributed by atoms with Crippen LogP contribution in [0, 0.1) is 5.82 Å². The van der Waals surface area contributed by atoms with Crippen molar-refractivity contribution in [1.82, 2.24) is 4.40 Å². The van der Waals surface area contributed by atoms with Gasteiger partial charge in [-0.3, -0.25) is 9.20 Å². The summed E-state index contributed by atoms with van der Waals surface area (Å²) in [6.07, 6.45) is 3.73. The molecule has 4 heterocycles. The van der Waals surface area contributed by atoms with Crippen LogP contribution in [-0.2, 0) is 11.3 Å². The number of carboxylic acid groups (broad SMARTS) is 1. The highest BCUT2D eigenvalue weighted by Crippen LogP contribution is 2.45. The molecule has 27 heavy (non-hydrogen) atoms. The van der Waals surface area contributed by atoms with Gasteiger partial charge in [-0.05, 0) is 36.8 Å². The Bertz CT molecular complexity index is 1030. The number of fused-ring (bicyclic) bond motifs is 5. The molecule has 0 unspecified atom stereocenters. The number of aromatic carboxylic acids is 1. The molecule has 1 saturated heterocycles. The largest absolute Gasteiger partial charge is 0.477 e. The number of halogens is 1. The fraction of sp³-hybridized carbons (Fsp3) is 0.474. The molecule has 1 saturated carbocycles. The Morgan fingerprint density at radius 1 is 1.33 bits per heavy atom. The van der Waals surface area contributed by atoms with Gasteiger partial charge in [0.15, 0.2) is 5.82 Å². The molecule has 3 aliphatic rings. The molecule has 7 nitrogen and oxygen atoms in total. The first-order valence-electron chi connectivity index (χ1n) is 9.21. The van der Waals surface area contributed by atoms with E-state index in [4.69, 9.17) is 10.5 Å². The van der Waals surface area contributed by atoms with Crippen LogP contribution in [0.3, 0.4) is 0 Å². The normalized spacial score (nSPS) is 24.6. The predicted molar refractivity (Wildman–Crippen MR) is 95.9 cm³/mol. The Balaban J connectivity index is 1.86. The molecular formula is C19H20FN3O4. The van der Waals surface area contributed by atoms with Crippen molar-refractivity contribution in [3.8, 4) is 0 Å². The van der Waals surface area contributed by atoms with Crippen LogP contribution in [0.5, 0.6) is 0 Å². The summed E-state index contributed by atoms with van der Waals surface area (Å²) in [6, 6.07) is 1.28. The Morgan fingerprint density at radius 2 is 2.11 bits per heavy atom. The number of pyridine rings is 2. The number of hydrogen-bond donors (Lipinski definition) is 2. The summed E-state index contributed by atoms with van der Waals surface area (Å²) < 4.78 is 22.1. The first kappa shape index (κ1) is 16.7. The number of hydrogen-bond acceptors (Lipinski definition) is 5. The number of rotatable bonds is 2. The molecule has 1 aliphatic carbocycles. The summed E-state index contributed by atoms with van der Waals surface area (Å²) in [7, 11) is 0. The second-order valence-corrected chi connectivity index (χ2v) is 7.65. The van der Waals surface area contributed by atoms with Crippen molar-refractivity contribution in [3.05, 3.63) is 45.1 Å². The number of nitrogens with two attached hydrogens (primary N) is 1. The van der Waals surface area contributed by atoms with Gasteiger partial charge in [-0.25, -0.2) is 9.18 Å². The van der Waals surface area contributed by atoms with Crippen LogP contribution in [-0.4, -0.2) is 40.7 Å². The van der Waals surface area contributed by atoms with Crippen molar-refractivity contribution >= 4 is 17.2 Å². The second-order valence-electron chi connectivity index (χ2n) is 7.65. The van der Waals surface area contributed by atoms with Crippen molar-refractivity contribution in [2.24, 2.45) is 5.73 Å². The smallest absolute Gasteiger partial charge is 0.341 e. The lowest BCUT2D eigenvalue weighted by molar-refractivity contribution is 0.0694. The van der Waals surface area contributed by atoms with Crippen LogP contribution in [0.1, 0.15) is 46.7 Å². The number of aromatic nitrogens is 1. The standard InChI is InChI=1S/C19H20FN3O4/c20-13-6-23-16(10(9-1-2-9)5-11(18(23)24)19(25)26)12-7-27-8-15-14(21)3-4-22(15)17(12)13/h5-6,9,14-15H,1-4,7-8,21H2,(H,25,26)/t14-,15-/m1/s1. The molecule has 0 radical (unpaired) electrons. The molecule has 0 aromatic carbocycles. The van der Waals surface area contributed by atoms with Crippen molar-refractivity contribution in [2.45, 2.75) is 43.9 Å². The van der Waals surface area contributed by atoms with Gasteiger partial charge < -0.3 is 20.5 Å². The molecule has 142 valence electrons. The summed E-state index contributed by atoms with van der Waals surface area (Å²) in [4.78, 5) is 26.2. The van der Waals surface area contributed by atoms with Crippen LogP contribution >= 0.6 is 0 Å². The van der Waals surface area contributed by atoms with Crippen LogP contribution in [0.15, 0.2) is 17.1 Å². The molecule has 2 aromatic heterocycles. The lowest BCUT2D eigenvalue weighted by Gasteiger charge is -2.28. The van der Waals surface area contributed by atoms with E-state index in [1.807, 2.05) is 4.90 Å². The fourth-order valence-electron chi connectivity index (χ4n) is 4.49. The first-order valence-corrected chi connectivity index (χ1v) is 9.21. The maximum Gasteiger partial charge on any atom is 0.341 e. The van der Waals surface area contributed by atoms with Gasteiger partial charge in [0.1, 0.15) is 5.56 Å². The molecular weight excluding hydrogens is 353 g/mol. The van der Waals surface area contributed by atoms with Crippen LogP contribution in [0.4, 0.5) is 10.1 Å². The molecule has 2 fully saturated rings. The van der Waals surface area contributed by atoms with E-state index in [0.717, 1.165) is 35.4 Å². The van der Waals surface area contributed by atoms with Gasteiger partial charge in [0, 0.05) is 18.2 Å². The lowest BCUT2D eigenvalue weighted by atomic mass is 10.0. The van der Waals surface area contributed by atoms with Gasteiger partial charge in [-0.2, -0.15) is 0 Å². The van der Waals surface area contributed by atoms with Crippen molar-refractivity contribution in [1.29, 1.82) is 0 Å². The topological polar surface area (TPSA) is 97.3 Å². The fourth-order valence-corrected chi connectivity index (χ4v) is 4.49. The highest BCUT2D eigenvalue weighted by molar-refractivity contribution is 5.89. The summed E-state index contributed by atoms with van der Waals surface area (Å²) in [6.45, 7) is 1.20. The van der Waals surface area contributed by atoms with Crippen molar-refractivity contribution < 1.29 is 19.0 Å². The van der Waals surface area contributed by atoms with E-state index in [2.05, 4.69) is 0 Å². The van der Waals surface area contributed by atoms with Crippen molar-refractivity contribution in [2.75, 3.05) is 18.1 Å². The minimum absolute atomic E-state index is 0.0916. The quantitative estimate of drug-likeness (QED) is 0.827. The molecule has 2 aliphatic heterocycles. The predicted octanol–water partition coefficient (Wildman–Crippen LogP) is 1.45. The van der Waals surface area contributed by atoms with Crippen LogP contribution < -0.4 is 16.2 Å². The molecule has 2 aromatic rings. The van der Waals surface area contributed by atoms with E-state index >= 15 is 4.39 Å². The van der Waals surface area contributed by atoms with E-state index in [9.17, 15) is 14.7 Å². The summed E-state index contributed by atoms with van der Waals surface area (Å²) >= 11 is 0. The van der Waals surface area contributed by atoms with E-state index in [0.29, 0.717) is 29.9 Å². The highest BCUT2D eigenvalue weighted by Gasteiger charge is 2.39. The van der Waals surface area contributed by atoms with E-state index in [1.165, 1.54) is 6.07 Å². The number of carboxylic acids is 1. The van der Waals surface area contributed by atoms with Gasteiger partial charge in [0.05, 0.1) is 36.7 Å². The molecule has 3 N–H and O–H groups in total. The molecule has 5 rings (SSSR count). The highest BCUT2D eigenvalue weighted by atomic mass is 19.1. The van der Waals surface area contributed by atoms with Crippen LogP contribution in [0.2, 0.25) is 0 Å². The number of anilines is 1. The maximum absolute atomic E-state index is 15.2. The van der Waals surface area contributed by atoms with Gasteiger partial charge in [0.25, 0.3) is 5.56 Å². The summed E-state index contributed by atoms with van der Waals surface area (Å²) in [5, 5.41) is 9.40. The minimum atomic E-state index is -1.30. The molecule has 2 atom stereocenters. The third-order valence-electron chi connectivity index (χ3n) is 5.97. The minimum Gasteiger partial charge on any atom is -0.477 e. The van der Waals surface area contributed by atoms with Crippen LogP contribution in [0.25, 0.3) is 5.52 Å². The average Bonchev–Trinajstić information content (AvgIpc) is 3.42. The summed E-state index contributed by atoms with van der Waals surface area (Å²) in [5.74, 6) is -1.66. The van der Waals surface area contributed by atoms with Crippen molar-refractivity contribution in [3.63, 3.8) is 0 Å². The Labute approximate surface area is 154 Å². The zero-order valence-electron chi connectivity index (χ0n) is 14.7. The van der Waals surface area contributed by atoms with Gasteiger partial charge in [0.2, 0.25) is 0 Å². The van der Waals surface area contributed by atoms with E-state index < -0.39 is 17.3 Å². The molecule has 0 spiro atoms. The zero-order chi connectivity index (χ0) is 18.9. The lowest BCUT2D eigenvalue weighted by Crippen LogP contribution is -2.42. The third kappa shape index (κ3) is 2.40. The number of nitrogens with zero attached hydrogens (tertiary/aromatic N) is 2. The monoisotopic (exact) mass is 373 g/mol. The van der Waals surface area contributed by atoms with E-state index in [-0.39, 0.29) is 30.2 Å². The zero-order valence-corrected chi connectivity index (χ0v) is 14.7. The SMILES string of the molecule is N[C@@H]1CCN2c3c(F)cn4c(=O)c(C(=O)O)cc(C5CC5)c4c3COC[C@H]12. The third-order valence-corrected chi connectivity index (χ3v) is 5.97. The Morgan fingerprint density at radius 3 is 2.81 bits per heavy atom. The number of carbonyl (C=O) groups is 1. The second kappa shape index (κ2) is 5.77. The molecule has 8 heteroatoms.